The number of hydrogen-bond acceptors (Lipinski definition) is 13. The quantitative estimate of drug-likeness (QED) is 0.133. The van der Waals surface area contributed by atoms with Gasteiger partial charge in [-0.1, -0.05) is 36.4 Å². The fourth-order valence-corrected chi connectivity index (χ4v) is 4.78. The minimum atomic E-state index is -3.52. The molecular weight excluding hydrogens is 632 g/mol. The van der Waals surface area contributed by atoms with Crippen molar-refractivity contribution in [2.45, 2.75) is 19.2 Å². The number of ether oxygens (including phenoxy) is 2. The number of esters is 2. The number of benzene rings is 1. The Kier molecular flexibility index (Phi) is 11.6. The van der Waals surface area contributed by atoms with Crippen LogP contribution in [0.3, 0.4) is 0 Å². The third-order valence-electron chi connectivity index (χ3n) is 6.31. The van der Waals surface area contributed by atoms with Crippen molar-refractivity contribution in [3.63, 3.8) is 0 Å². The number of furan rings is 1. The Morgan fingerprint density at radius 1 is 1.00 bits per heavy atom. The summed E-state index contributed by atoms with van der Waals surface area (Å²) in [4.78, 5) is 38.9. The molecule has 0 aliphatic carbocycles. The summed E-state index contributed by atoms with van der Waals surface area (Å²) in [5.41, 5.74) is 0.803. The average molecular weight is 665 g/mol. The lowest BCUT2D eigenvalue weighted by Gasteiger charge is -2.29. The largest absolute Gasteiger partial charge is 0.461 e. The molecule has 1 aromatic carbocycles. The first-order valence-corrected chi connectivity index (χ1v) is 17.4. The molecule has 2 heterocycles. The topological polar surface area (TPSA) is 201 Å². The van der Waals surface area contributed by atoms with Crippen LogP contribution in [0.4, 0.5) is 5.88 Å². The van der Waals surface area contributed by atoms with E-state index in [0.717, 1.165) is 18.6 Å². The second-order valence-electron chi connectivity index (χ2n) is 10.0. The number of rotatable bonds is 14. The molecule has 1 aliphatic rings. The van der Waals surface area contributed by atoms with E-state index in [0.29, 0.717) is 16.7 Å². The van der Waals surface area contributed by atoms with Gasteiger partial charge in [-0.2, -0.15) is 0 Å². The number of carbonyl (C=O) groups is 2. The van der Waals surface area contributed by atoms with Gasteiger partial charge in [-0.15, -0.1) is 6.58 Å². The second kappa shape index (κ2) is 15.0. The van der Waals surface area contributed by atoms with Gasteiger partial charge in [-0.25, -0.2) is 26.4 Å². The summed E-state index contributed by atoms with van der Waals surface area (Å²) in [6.45, 7) is 2.42. The van der Waals surface area contributed by atoms with E-state index in [9.17, 15) is 41.6 Å². The molecule has 0 spiro atoms. The lowest BCUT2D eigenvalue weighted by molar-refractivity contribution is -0.402. The highest BCUT2D eigenvalue weighted by molar-refractivity contribution is 7.90. The van der Waals surface area contributed by atoms with E-state index in [1.807, 2.05) is 0 Å². The average Bonchev–Trinajstić information content (AvgIpc) is 3.42. The van der Waals surface area contributed by atoms with Crippen molar-refractivity contribution < 1.29 is 50.3 Å². The number of hydrogen-bond donors (Lipinski definition) is 1. The molecule has 0 amide bonds. The maximum atomic E-state index is 13.5. The van der Waals surface area contributed by atoms with Crippen LogP contribution in [0, 0.1) is 10.1 Å². The molecule has 45 heavy (non-hydrogen) atoms. The Hall–Kier alpha value is -4.54. The van der Waals surface area contributed by atoms with E-state index >= 15 is 0 Å². The molecule has 0 saturated carbocycles. The Balaban J connectivity index is 2.20. The SMILES string of the molecule is C=CC1C=C(c2ccc(CO)cc2)C=C(C(=O)OCCS(C)(=O)=O)C(C(=O)OCCS(C)(=O)=O)=CN1Cc1ccc([N+](=O)[O-])o1. The molecule has 0 radical (unpaired) electrons. The minimum Gasteiger partial charge on any atom is -0.461 e. The molecule has 0 bridgehead atoms. The third kappa shape index (κ3) is 10.5. The Labute approximate surface area is 259 Å². The summed E-state index contributed by atoms with van der Waals surface area (Å²) in [7, 11) is -7.02. The number of sulfone groups is 2. The van der Waals surface area contributed by atoms with E-state index in [2.05, 4.69) is 6.58 Å². The van der Waals surface area contributed by atoms with Crippen molar-refractivity contribution in [3.8, 4) is 0 Å². The maximum Gasteiger partial charge on any atom is 0.433 e. The zero-order valence-corrected chi connectivity index (χ0v) is 26.1. The van der Waals surface area contributed by atoms with Crippen molar-refractivity contribution in [1.29, 1.82) is 0 Å². The first kappa shape index (κ1) is 34.9. The van der Waals surface area contributed by atoms with Crippen LogP contribution in [0.1, 0.15) is 16.9 Å². The van der Waals surface area contributed by atoms with Gasteiger partial charge in [0.05, 0.1) is 47.9 Å². The summed E-state index contributed by atoms with van der Waals surface area (Å²) >= 11 is 0. The van der Waals surface area contributed by atoms with E-state index in [-0.39, 0.29) is 30.1 Å². The molecule has 3 rings (SSSR count). The smallest absolute Gasteiger partial charge is 0.433 e. The monoisotopic (exact) mass is 664 g/mol. The fourth-order valence-electron chi connectivity index (χ4n) is 4.01. The first-order valence-electron chi connectivity index (χ1n) is 13.3. The first-order chi connectivity index (χ1) is 21.1. The summed E-state index contributed by atoms with van der Waals surface area (Å²) in [6.07, 6.45) is 7.68. The molecule has 14 nitrogen and oxygen atoms in total. The molecule has 1 aromatic heterocycles. The highest BCUT2D eigenvalue weighted by Crippen LogP contribution is 2.30. The molecule has 1 unspecified atom stereocenters. The summed E-state index contributed by atoms with van der Waals surface area (Å²) in [5.74, 6) is -3.56. The van der Waals surface area contributed by atoms with E-state index in [1.165, 1.54) is 29.3 Å². The van der Waals surface area contributed by atoms with Crippen molar-refractivity contribution >= 4 is 43.1 Å². The van der Waals surface area contributed by atoms with Gasteiger partial charge in [-0.3, -0.25) is 10.1 Å². The predicted molar refractivity (Wildman–Crippen MR) is 163 cm³/mol. The van der Waals surface area contributed by atoms with Crippen molar-refractivity contribution in [1.82, 2.24) is 4.90 Å². The van der Waals surface area contributed by atoms with Crippen LogP contribution in [0.5, 0.6) is 0 Å². The molecule has 1 N–H and O–H groups in total. The maximum absolute atomic E-state index is 13.5. The van der Waals surface area contributed by atoms with Gasteiger partial charge in [-0.05, 0) is 28.8 Å². The number of carbonyl (C=O) groups excluding carboxylic acids is 2. The lowest BCUT2D eigenvalue weighted by Crippen LogP contribution is -2.31. The number of allylic oxidation sites excluding steroid dienone is 2. The Morgan fingerprint density at radius 2 is 1.58 bits per heavy atom. The van der Waals surface area contributed by atoms with Gasteiger partial charge >= 0.3 is 17.8 Å². The zero-order chi connectivity index (χ0) is 33.4. The van der Waals surface area contributed by atoms with Crippen LogP contribution < -0.4 is 0 Å². The molecular formula is C29H32N2O12S2. The lowest BCUT2D eigenvalue weighted by atomic mass is 9.94. The fraction of sp³-hybridized carbons (Fsp3) is 0.310. The van der Waals surface area contributed by atoms with Crippen LogP contribution in [0.25, 0.3) is 5.57 Å². The normalized spacial score (nSPS) is 15.6. The van der Waals surface area contributed by atoms with Gasteiger partial charge < -0.3 is 23.9 Å². The number of aliphatic hydroxyl groups excluding tert-OH is 1. The standard InChI is InChI=1S/C29H32N2O12S2/c1-4-23-15-22(21-7-5-20(19-32)6-8-21)16-25(28(33)41-11-13-44(2,37)38)26(29(34)42-12-14-45(3,39)40)18-30(23)17-24-9-10-27(43-24)31(35)36/h4-10,15-16,18,23,32H,1,11-14,17,19H2,2-3H3. The number of nitro groups is 1. The molecule has 1 aliphatic heterocycles. The van der Waals surface area contributed by atoms with Crippen LogP contribution in [-0.2, 0) is 51.9 Å². The second-order valence-corrected chi connectivity index (χ2v) is 14.5. The molecule has 242 valence electrons. The molecule has 16 heteroatoms. The van der Waals surface area contributed by atoms with Crippen LogP contribution in [0.15, 0.2) is 83.0 Å². The molecule has 2 aromatic rings. The van der Waals surface area contributed by atoms with Crippen LogP contribution >= 0.6 is 0 Å². The molecule has 0 saturated heterocycles. The highest BCUT2D eigenvalue weighted by Gasteiger charge is 2.29. The van der Waals surface area contributed by atoms with Crippen LogP contribution in [-0.4, -0.2) is 87.0 Å². The summed E-state index contributed by atoms with van der Waals surface area (Å²) in [6, 6.07) is 8.42. The number of nitrogens with zero attached hydrogens (tertiary/aromatic N) is 2. The molecule has 0 fully saturated rings. The Morgan fingerprint density at radius 3 is 2.07 bits per heavy atom. The van der Waals surface area contributed by atoms with E-state index in [1.54, 1.807) is 30.3 Å². The van der Waals surface area contributed by atoms with Gasteiger partial charge in [0.1, 0.15) is 23.9 Å². The van der Waals surface area contributed by atoms with Gasteiger partial charge in [0.2, 0.25) is 0 Å². The third-order valence-corrected chi connectivity index (χ3v) is 8.13. The summed E-state index contributed by atoms with van der Waals surface area (Å²) in [5, 5.41) is 20.7. The van der Waals surface area contributed by atoms with Crippen molar-refractivity contribution in [2.75, 3.05) is 37.2 Å². The predicted octanol–water partition coefficient (Wildman–Crippen LogP) is 2.12. The highest BCUT2D eigenvalue weighted by atomic mass is 32.2. The van der Waals surface area contributed by atoms with Gasteiger partial charge in [0.15, 0.2) is 19.7 Å². The van der Waals surface area contributed by atoms with E-state index in [4.69, 9.17) is 13.9 Å². The molecule has 1 atom stereocenters. The minimum absolute atomic E-state index is 0.124. The van der Waals surface area contributed by atoms with Gasteiger partial charge in [0.25, 0.3) is 0 Å². The van der Waals surface area contributed by atoms with E-state index < -0.39 is 73.2 Å². The van der Waals surface area contributed by atoms with Crippen molar-refractivity contribution in [2.24, 2.45) is 0 Å². The Bertz CT molecular complexity index is 1750. The number of aliphatic hydroxyl groups is 1. The zero-order valence-electron chi connectivity index (χ0n) is 24.4. The van der Waals surface area contributed by atoms with Gasteiger partial charge in [0, 0.05) is 18.7 Å². The summed E-state index contributed by atoms with van der Waals surface area (Å²) < 4.78 is 62.4. The van der Waals surface area contributed by atoms with Crippen LogP contribution in [0.2, 0.25) is 0 Å². The van der Waals surface area contributed by atoms with Crippen molar-refractivity contribution in [3.05, 3.63) is 106 Å².